The average Bonchev–Trinajstić information content (AvgIpc) is 4.00. The molecule has 0 spiro atoms. The van der Waals surface area contributed by atoms with E-state index in [1.807, 2.05) is 69.2 Å². The lowest BCUT2D eigenvalue weighted by atomic mass is 9.96. The molecule has 5 saturated heterocycles. The molecule has 5 aliphatic rings. The van der Waals surface area contributed by atoms with E-state index in [9.17, 15) is 19.2 Å². The Bertz CT molecular complexity index is 1330. The Hall–Kier alpha value is -2.28. The molecule has 0 aliphatic carbocycles. The molecule has 0 aromatic heterocycles. The summed E-state index contributed by atoms with van der Waals surface area (Å²) in [5.74, 6) is -2.76. The second-order valence-corrected chi connectivity index (χ2v) is 18.7. The summed E-state index contributed by atoms with van der Waals surface area (Å²) < 4.78 is 49.8. The summed E-state index contributed by atoms with van der Waals surface area (Å²) in [5, 5.41) is 0. The van der Waals surface area contributed by atoms with Crippen molar-refractivity contribution >= 4 is 23.9 Å². The largest absolute Gasteiger partial charge is 0.462 e. The van der Waals surface area contributed by atoms with Crippen LogP contribution >= 0.6 is 0 Å². The maximum Gasteiger partial charge on any atom is 0.311 e. The monoisotopic (exact) mass is 807 g/mol. The fraction of sp³-hybridized carbons (Fsp3) is 0.911. The Balaban J connectivity index is 1.26. The molecule has 5 fully saturated rings. The van der Waals surface area contributed by atoms with E-state index in [-0.39, 0.29) is 109 Å². The summed E-state index contributed by atoms with van der Waals surface area (Å²) in [4.78, 5) is 53.7. The minimum absolute atomic E-state index is 0.0792. The van der Waals surface area contributed by atoms with Crippen molar-refractivity contribution in [3.8, 4) is 0 Å². The van der Waals surface area contributed by atoms with Crippen LogP contribution in [0.15, 0.2) is 0 Å². The lowest BCUT2D eigenvalue weighted by Gasteiger charge is -2.29. The first-order valence-electron chi connectivity index (χ1n) is 22.5. The Morgan fingerprint density at radius 3 is 1.11 bits per heavy atom. The van der Waals surface area contributed by atoms with Crippen LogP contribution in [0, 0.1) is 35.5 Å². The van der Waals surface area contributed by atoms with E-state index in [4.69, 9.17) is 37.9 Å². The Kier molecular flexibility index (Phi) is 16.7. The summed E-state index contributed by atoms with van der Waals surface area (Å²) in [5.41, 5.74) is 0. The molecule has 0 amide bonds. The van der Waals surface area contributed by atoms with E-state index >= 15 is 0 Å². The normalized spacial score (nSPS) is 42.5. The highest BCUT2D eigenvalue weighted by atomic mass is 16.6. The molecule has 0 aromatic rings. The van der Waals surface area contributed by atoms with Gasteiger partial charge in [-0.2, -0.15) is 0 Å². The van der Waals surface area contributed by atoms with Gasteiger partial charge in [-0.15, -0.1) is 0 Å². The molecule has 0 unspecified atom stereocenters. The number of carbonyl (C=O) groups is 4. The number of hydrogen-bond acceptors (Lipinski definition) is 12. The molecule has 16 atom stereocenters. The van der Waals surface area contributed by atoms with Gasteiger partial charge in [0, 0.05) is 25.7 Å². The molecular formula is C45H74O12. The molecule has 0 radical (unpaired) electrons. The van der Waals surface area contributed by atoms with Crippen molar-refractivity contribution in [3.63, 3.8) is 0 Å². The first kappa shape index (κ1) is 45.8. The summed E-state index contributed by atoms with van der Waals surface area (Å²) in [6, 6.07) is 0. The van der Waals surface area contributed by atoms with E-state index in [2.05, 4.69) is 0 Å². The van der Waals surface area contributed by atoms with E-state index < -0.39 is 23.7 Å². The minimum atomic E-state index is -0.452. The third-order valence-corrected chi connectivity index (χ3v) is 13.5. The van der Waals surface area contributed by atoms with Crippen LogP contribution in [0.25, 0.3) is 0 Å². The molecule has 5 rings (SSSR count). The molecule has 57 heavy (non-hydrogen) atoms. The van der Waals surface area contributed by atoms with Crippen LogP contribution in [0.3, 0.4) is 0 Å². The fourth-order valence-electron chi connectivity index (χ4n) is 9.24. The van der Waals surface area contributed by atoms with Crippen LogP contribution in [-0.4, -0.2) is 97.1 Å². The maximum atomic E-state index is 13.5. The van der Waals surface area contributed by atoms with Gasteiger partial charge in [0.2, 0.25) is 0 Å². The molecular weight excluding hydrogens is 732 g/mol. The summed E-state index contributed by atoms with van der Waals surface area (Å²) in [7, 11) is 0. The van der Waals surface area contributed by atoms with Crippen LogP contribution in [-0.2, 0) is 57.1 Å². The summed E-state index contributed by atoms with van der Waals surface area (Å²) >= 11 is 0. The number of ether oxygens (including phenoxy) is 8. The molecule has 5 aliphatic heterocycles. The van der Waals surface area contributed by atoms with Gasteiger partial charge >= 0.3 is 23.9 Å². The first-order chi connectivity index (χ1) is 27.0. The number of rotatable bonds is 3. The predicted octanol–water partition coefficient (Wildman–Crippen LogP) is 7.68. The van der Waals surface area contributed by atoms with Gasteiger partial charge in [-0.05, 0) is 104 Å². The van der Waals surface area contributed by atoms with E-state index in [0.29, 0.717) is 32.1 Å². The highest BCUT2D eigenvalue weighted by Crippen LogP contribution is 2.36. The number of cyclic esters (lactones) is 4. The van der Waals surface area contributed by atoms with Crippen LogP contribution < -0.4 is 0 Å². The molecule has 0 N–H and O–H groups in total. The summed E-state index contributed by atoms with van der Waals surface area (Å²) in [6.45, 7) is 19.5. The van der Waals surface area contributed by atoms with Crippen LogP contribution in [0.5, 0.6) is 0 Å². The Morgan fingerprint density at radius 1 is 0.439 bits per heavy atom. The Labute approximate surface area is 341 Å². The third-order valence-electron chi connectivity index (χ3n) is 13.5. The highest BCUT2D eigenvalue weighted by Gasteiger charge is 2.42. The first-order valence-corrected chi connectivity index (χ1v) is 22.5. The molecule has 12 heteroatoms. The molecule has 12 nitrogen and oxygen atoms in total. The van der Waals surface area contributed by atoms with Crippen LogP contribution in [0.1, 0.15) is 153 Å². The van der Waals surface area contributed by atoms with Gasteiger partial charge in [0.25, 0.3) is 0 Å². The second-order valence-electron chi connectivity index (χ2n) is 18.7. The standard InChI is InChI=1S/C45H74O12/c1-11-31-21-33-13-17-38(52-33)29(9)44(48)56-41(25(4)5)23-35-15-19-39(54-35)30(10)45(49)57-40(24(2)3)22-34-14-18-36(53-34)27(7)42(46)50-26(6)20-32-12-16-37(51-32)28(8)43(47)55-31/h24-41H,11-23H2,1-10H3/t26-,27-,28+,29-,30+,31+,32-,33+,34+,35-,36-,37+,38-,39+,40-,41+/m1/s1. The van der Waals surface area contributed by atoms with Gasteiger partial charge in [0.15, 0.2) is 0 Å². The molecule has 326 valence electrons. The minimum Gasteiger partial charge on any atom is -0.462 e. The van der Waals surface area contributed by atoms with Crippen LogP contribution in [0.2, 0.25) is 0 Å². The summed E-state index contributed by atoms with van der Waals surface area (Å²) in [6.07, 6.45) is 5.89. The number of hydrogen-bond donors (Lipinski definition) is 0. The SMILES string of the molecule is CC[C@H]1C[C@@H]2CC[C@@H](O2)[C@@H](C)C(=O)O[C@H](C(C)C)C[C@H]2CC[C@H](O2)[C@H](C)C(=O)O[C@@H](C(C)C)C[C@@H]2CC[C@@H](O2)[C@@H](C)C(=O)O[C@H](C)C[C@H]2CC[C@H](O2)[C@H](C)C(=O)O1. The van der Waals surface area contributed by atoms with E-state index in [0.717, 1.165) is 51.4 Å². The van der Waals surface area contributed by atoms with Crippen LogP contribution in [0.4, 0.5) is 0 Å². The smallest absolute Gasteiger partial charge is 0.311 e. The van der Waals surface area contributed by atoms with Crippen molar-refractivity contribution < 1.29 is 57.1 Å². The average molecular weight is 807 g/mol. The number of fused-ring (bicyclic) bond motifs is 8. The molecule has 8 bridgehead atoms. The zero-order valence-electron chi connectivity index (χ0n) is 36.5. The number of esters is 4. The van der Waals surface area contributed by atoms with Gasteiger partial charge in [-0.3, -0.25) is 19.2 Å². The Morgan fingerprint density at radius 2 is 0.754 bits per heavy atom. The van der Waals surface area contributed by atoms with Crippen molar-refractivity contribution in [3.05, 3.63) is 0 Å². The lowest BCUT2D eigenvalue weighted by Crippen LogP contribution is -2.36. The second kappa shape index (κ2) is 20.8. The van der Waals surface area contributed by atoms with Crippen molar-refractivity contribution in [1.82, 2.24) is 0 Å². The zero-order chi connectivity index (χ0) is 41.6. The topological polar surface area (TPSA) is 142 Å². The molecule has 0 saturated carbocycles. The van der Waals surface area contributed by atoms with Crippen molar-refractivity contribution in [2.45, 2.75) is 226 Å². The zero-order valence-corrected chi connectivity index (χ0v) is 36.5. The highest BCUT2D eigenvalue weighted by molar-refractivity contribution is 5.74. The third kappa shape index (κ3) is 12.4. The van der Waals surface area contributed by atoms with Gasteiger partial charge in [-0.25, -0.2) is 0 Å². The van der Waals surface area contributed by atoms with E-state index in [1.165, 1.54) is 0 Å². The van der Waals surface area contributed by atoms with Crippen molar-refractivity contribution in [2.75, 3.05) is 0 Å². The van der Waals surface area contributed by atoms with Crippen molar-refractivity contribution in [2.24, 2.45) is 35.5 Å². The predicted molar refractivity (Wildman–Crippen MR) is 212 cm³/mol. The quantitative estimate of drug-likeness (QED) is 0.204. The lowest BCUT2D eigenvalue weighted by molar-refractivity contribution is -0.165. The van der Waals surface area contributed by atoms with Gasteiger partial charge < -0.3 is 37.9 Å². The van der Waals surface area contributed by atoms with Gasteiger partial charge in [0.1, 0.15) is 24.4 Å². The van der Waals surface area contributed by atoms with Crippen molar-refractivity contribution in [1.29, 1.82) is 0 Å². The van der Waals surface area contributed by atoms with Gasteiger partial charge in [0.05, 0.1) is 72.5 Å². The molecule has 0 aromatic carbocycles. The fourth-order valence-corrected chi connectivity index (χ4v) is 9.24. The molecule has 5 heterocycles. The maximum absolute atomic E-state index is 13.5. The van der Waals surface area contributed by atoms with E-state index in [1.54, 1.807) is 0 Å². The van der Waals surface area contributed by atoms with Gasteiger partial charge in [-0.1, -0.05) is 34.6 Å². The number of carbonyl (C=O) groups excluding carboxylic acids is 4.